The Morgan fingerprint density at radius 2 is 2.12 bits per heavy atom. The van der Waals surface area contributed by atoms with E-state index < -0.39 is 5.97 Å². The van der Waals surface area contributed by atoms with Gasteiger partial charge in [0.2, 0.25) is 0 Å². The van der Waals surface area contributed by atoms with Crippen LogP contribution in [-0.2, 0) is 4.74 Å². The predicted octanol–water partition coefficient (Wildman–Crippen LogP) is 1.67. The van der Waals surface area contributed by atoms with Crippen molar-refractivity contribution in [2.45, 2.75) is 0 Å². The summed E-state index contributed by atoms with van der Waals surface area (Å²) in [5.41, 5.74) is 1.09. The first-order valence-electron chi connectivity index (χ1n) is 5.03. The van der Waals surface area contributed by atoms with Gasteiger partial charge >= 0.3 is 5.97 Å². The smallest absolute Gasteiger partial charge is 0.358 e. The summed E-state index contributed by atoms with van der Waals surface area (Å²) in [6.07, 6.45) is 1.70. The van der Waals surface area contributed by atoms with Gasteiger partial charge in [-0.1, -0.05) is 6.07 Å². The summed E-state index contributed by atoms with van der Waals surface area (Å²) < 4.78 is 11.3. The molecule has 0 bridgehead atoms. The minimum absolute atomic E-state index is 0.273. The first-order valence-corrected chi connectivity index (χ1v) is 5.03. The Labute approximate surface area is 98.6 Å². The maximum atomic E-state index is 11.3. The number of nitrogens with zero attached hydrogens (tertiary/aromatic N) is 2. The van der Waals surface area contributed by atoms with E-state index in [1.807, 2.05) is 24.3 Å². The average molecular weight is 232 g/mol. The van der Waals surface area contributed by atoms with Gasteiger partial charge in [-0.2, -0.15) is 5.10 Å². The van der Waals surface area contributed by atoms with Crippen molar-refractivity contribution in [3.05, 3.63) is 42.2 Å². The average Bonchev–Trinajstić information content (AvgIpc) is 2.87. The Balaban J connectivity index is 2.33. The molecule has 5 nitrogen and oxygen atoms in total. The molecule has 2 rings (SSSR count). The van der Waals surface area contributed by atoms with Crippen molar-refractivity contribution >= 4 is 5.97 Å². The molecule has 2 aromatic rings. The SMILES string of the molecule is COC(=O)c1ccn(-c2cccc(OC)c2)n1. The zero-order valence-corrected chi connectivity index (χ0v) is 9.58. The van der Waals surface area contributed by atoms with E-state index in [0.717, 1.165) is 11.4 Å². The molecule has 5 heteroatoms. The molecule has 0 N–H and O–H groups in total. The highest BCUT2D eigenvalue weighted by Crippen LogP contribution is 2.16. The first kappa shape index (κ1) is 11.2. The minimum Gasteiger partial charge on any atom is -0.497 e. The number of carbonyl (C=O) groups excluding carboxylic acids is 1. The minimum atomic E-state index is -0.452. The van der Waals surface area contributed by atoms with E-state index in [1.54, 1.807) is 24.1 Å². The van der Waals surface area contributed by atoms with Crippen LogP contribution in [0.15, 0.2) is 36.5 Å². The molecule has 1 heterocycles. The lowest BCUT2D eigenvalue weighted by molar-refractivity contribution is 0.0593. The molecule has 0 saturated heterocycles. The molecule has 1 aromatic heterocycles. The lowest BCUT2D eigenvalue weighted by Crippen LogP contribution is -2.04. The van der Waals surface area contributed by atoms with E-state index in [4.69, 9.17) is 4.74 Å². The molecular weight excluding hydrogens is 220 g/mol. The van der Waals surface area contributed by atoms with Crippen molar-refractivity contribution in [2.75, 3.05) is 14.2 Å². The van der Waals surface area contributed by atoms with Crippen LogP contribution in [0.1, 0.15) is 10.5 Å². The van der Waals surface area contributed by atoms with Gasteiger partial charge in [0.15, 0.2) is 5.69 Å². The number of benzene rings is 1. The lowest BCUT2D eigenvalue weighted by atomic mass is 10.3. The third-order valence-electron chi connectivity index (χ3n) is 2.30. The van der Waals surface area contributed by atoms with Gasteiger partial charge in [0, 0.05) is 12.3 Å². The molecule has 0 radical (unpaired) electrons. The second kappa shape index (κ2) is 4.69. The highest BCUT2D eigenvalue weighted by molar-refractivity contribution is 5.86. The molecule has 0 aliphatic carbocycles. The number of hydrogen-bond donors (Lipinski definition) is 0. The van der Waals surface area contributed by atoms with Crippen molar-refractivity contribution in [3.8, 4) is 11.4 Å². The number of hydrogen-bond acceptors (Lipinski definition) is 4. The number of esters is 1. The summed E-state index contributed by atoms with van der Waals surface area (Å²) in [7, 11) is 2.93. The summed E-state index contributed by atoms with van der Waals surface area (Å²) in [5.74, 6) is 0.282. The van der Waals surface area contributed by atoms with Crippen LogP contribution in [0.5, 0.6) is 5.75 Å². The molecule has 0 amide bonds. The molecule has 0 aliphatic heterocycles. The Bertz CT molecular complexity index is 534. The fourth-order valence-corrected chi connectivity index (χ4v) is 1.43. The maximum Gasteiger partial charge on any atom is 0.358 e. The lowest BCUT2D eigenvalue weighted by Gasteiger charge is -2.03. The fraction of sp³-hybridized carbons (Fsp3) is 0.167. The Morgan fingerprint density at radius 3 is 2.82 bits per heavy atom. The maximum absolute atomic E-state index is 11.3. The number of carbonyl (C=O) groups is 1. The van der Waals surface area contributed by atoms with E-state index in [1.165, 1.54) is 7.11 Å². The molecule has 17 heavy (non-hydrogen) atoms. The van der Waals surface area contributed by atoms with E-state index in [-0.39, 0.29) is 5.69 Å². The Kier molecular flexibility index (Phi) is 3.09. The number of methoxy groups -OCH3 is 2. The highest BCUT2D eigenvalue weighted by Gasteiger charge is 2.09. The summed E-state index contributed by atoms with van der Waals surface area (Å²) >= 11 is 0. The molecule has 0 saturated carbocycles. The van der Waals surface area contributed by atoms with E-state index in [9.17, 15) is 4.79 Å². The Hall–Kier alpha value is -2.30. The topological polar surface area (TPSA) is 53.4 Å². The van der Waals surface area contributed by atoms with Crippen molar-refractivity contribution in [1.82, 2.24) is 9.78 Å². The third kappa shape index (κ3) is 2.28. The van der Waals surface area contributed by atoms with Crippen LogP contribution in [0.4, 0.5) is 0 Å². The van der Waals surface area contributed by atoms with Crippen molar-refractivity contribution < 1.29 is 14.3 Å². The molecule has 0 fully saturated rings. The summed E-state index contributed by atoms with van der Waals surface area (Å²) in [6, 6.07) is 9.00. The van der Waals surface area contributed by atoms with Gasteiger partial charge in [-0.05, 0) is 18.2 Å². The molecule has 0 aliphatic rings. The van der Waals surface area contributed by atoms with Crippen LogP contribution in [0.2, 0.25) is 0 Å². The van der Waals surface area contributed by atoms with Crippen molar-refractivity contribution in [3.63, 3.8) is 0 Å². The van der Waals surface area contributed by atoms with Gasteiger partial charge in [0.25, 0.3) is 0 Å². The molecule has 0 atom stereocenters. The number of rotatable bonds is 3. The quantitative estimate of drug-likeness (QED) is 0.755. The largest absolute Gasteiger partial charge is 0.497 e. The highest BCUT2D eigenvalue weighted by atomic mass is 16.5. The third-order valence-corrected chi connectivity index (χ3v) is 2.30. The first-order chi connectivity index (χ1) is 8.24. The molecule has 88 valence electrons. The van der Waals surface area contributed by atoms with Gasteiger partial charge in [-0.3, -0.25) is 0 Å². The fourth-order valence-electron chi connectivity index (χ4n) is 1.43. The molecule has 0 unspecified atom stereocenters. The van der Waals surface area contributed by atoms with Crippen LogP contribution in [0, 0.1) is 0 Å². The standard InChI is InChI=1S/C12H12N2O3/c1-16-10-5-3-4-9(8-10)14-7-6-11(13-14)12(15)17-2/h3-8H,1-2H3. The van der Waals surface area contributed by atoms with Gasteiger partial charge in [0.1, 0.15) is 5.75 Å². The number of aromatic nitrogens is 2. The van der Waals surface area contributed by atoms with Crippen LogP contribution in [-0.4, -0.2) is 30.0 Å². The summed E-state index contributed by atoms with van der Waals surface area (Å²) in [4.78, 5) is 11.3. The van der Waals surface area contributed by atoms with Gasteiger partial charge in [-0.25, -0.2) is 9.48 Å². The van der Waals surface area contributed by atoms with E-state index in [2.05, 4.69) is 9.84 Å². The second-order valence-corrected chi connectivity index (χ2v) is 3.34. The normalized spacial score (nSPS) is 10.0. The van der Waals surface area contributed by atoms with E-state index >= 15 is 0 Å². The summed E-state index contributed by atoms with van der Waals surface area (Å²) in [5, 5.41) is 4.11. The number of ether oxygens (including phenoxy) is 2. The summed E-state index contributed by atoms with van der Waals surface area (Å²) in [6.45, 7) is 0. The van der Waals surface area contributed by atoms with Crippen LogP contribution >= 0.6 is 0 Å². The monoisotopic (exact) mass is 232 g/mol. The van der Waals surface area contributed by atoms with Gasteiger partial charge < -0.3 is 9.47 Å². The van der Waals surface area contributed by atoms with Crippen molar-refractivity contribution in [2.24, 2.45) is 0 Å². The molecule has 0 spiro atoms. The zero-order chi connectivity index (χ0) is 12.3. The molecule has 1 aromatic carbocycles. The van der Waals surface area contributed by atoms with Gasteiger partial charge in [-0.15, -0.1) is 0 Å². The van der Waals surface area contributed by atoms with Crippen LogP contribution < -0.4 is 4.74 Å². The van der Waals surface area contributed by atoms with Crippen LogP contribution in [0.25, 0.3) is 5.69 Å². The van der Waals surface area contributed by atoms with E-state index in [0.29, 0.717) is 0 Å². The zero-order valence-electron chi connectivity index (χ0n) is 9.58. The predicted molar refractivity (Wildman–Crippen MR) is 61.5 cm³/mol. The van der Waals surface area contributed by atoms with Gasteiger partial charge in [0.05, 0.1) is 19.9 Å². The Morgan fingerprint density at radius 1 is 1.29 bits per heavy atom. The molecular formula is C12H12N2O3. The van der Waals surface area contributed by atoms with Crippen LogP contribution in [0.3, 0.4) is 0 Å². The second-order valence-electron chi connectivity index (χ2n) is 3.34. The van der Waals surface area contributed by atoms with Crippen molar-refractivity contribution in [1.29, 1.82) is 0 Å².